The second-order valence-corrected chi connectivity index (χ2v) is 4.80. The number of carbonyl (C=O) groups excluding carboxylic acids is 1. The van der Waals surface area contributed by atoms with Crippen LogP contribution in [0.5, 0.6) is 0 Å². The summed E-state index contributed by atoms with van der Waals surface area (Å²) >= 11 is 1.40. The molecule has 4 N–H and O–H groups in total. The van der Waals surface area contributed by atoms with E-state index in [1.807, 2.05) is 25.3 Å². The van der Waals surface area contributed by atoms with Gasteiger partial charge in [0.2, 0.25) is 0 Å². The molecule has 0 aliphatic rings. The fraction of sp³-hybridized carbons (Fsp3) is 0.167. The number of rotatable bonds is 3. The van der Waals surface area contributed by atoms with Crippen LogP contribution in [-0.4, -0.2) is 10.9 Å². The van der Waals surface area contributed by atoms with Gasteiger partial charge in [-0.25, -0.2) is 4.98 Å². The van der Waals surface area contributed by atoms with E-state index in [9.17, 15) is 4.79 Å². The van der Waals surface area contributed by atoms with Gasteiger partial charge in [-0.3, -0.25) is 16.0 Å². The standard InChI is InChI=1S/C12H14N4OS/c1-7-3-4-10(16-13)9(5-7)11(17)15-12-14-8(2)6-18-12/h3-6,16H,13H2,1-2H3,(H,14,15,17). The van der Waals surface area contributed by atoms with Crippen LogP contribution in [-0.2, 0) is 0 Å². The van der Waals surface area contributed by atoms with Gasteiger partial charge in [0.05, 0.1) is 16.9 Å². The Kier molecular flexibility index (Phi) is 3.59. The maximum absolute atomic E-state index is 12.1. The quantitative estimate of drug-likeness (QED) is 0.585. The Morgan fingerprint density at radius 1 is 1.39 bits per heavy atom. The molecule has 6 heteroatoms. The number of thiazole rings is 1. The maximum Gasteiger partial charge on any atom is 0.259 e. The maximum atomic E-state index is 12.1. The molecular formula is C12H14N4OS. The van der Waals surface area contributed by atoms with Crippen molar-refractivity contribution in [3.8, 4) is 0 Å². The van der Waals surface area contributed by atoms with Crippen LogP contribution in [0.4, 0.5) is 10.8 Å². The van der Waals surface area contributed by atoms with Gasteiger partial charge in [-0.05, 0) is 26.0 Å². The number of carbonyl (C=O) groups is 1. The van der Waals surface area contributed by atoms with Crippen LogP contribution in [0, 0.1) is 13.8 Å². The van der Waals surface area contributed by atoms with E-state index in [1.54, 1.807) is 12.1 Å². The summed E-state index contributed by atoms with van der Waals surface area (Å²) in [6.07, 6.45) is 0. The Morgan fingerprint density at radius 3 is 2.78 bits per heavy atom. The minimum atomic E-state index is -0.221. The summed E-state index contributed by atoms with van der Waals surface area (Å²) < 4.78 is 0. The number of hydrazine groups is 1. The number of nitrogens with two attached hydrogens (primary N) is 1. The Balaban J connectivity index is 2.25. The van der Waals surface area contributed by atoms with Gasteiger partial charge in [0, 0.05) is 5.38 Å². The van der Waals surface area contributed by atoms with E-state index in [1.165, 1.54) is 11.3 Å². The lowest BCUT2D eigenvalue weighted by Gasteiger charge is -2.09. The highest BCUT2D eigenvalue weighted by atomic mass is 32.1. The molecule has 5 nitrogen and oxygen atoms in total. The fourth-order valence-corrected chi connectivity index (χ4v) is 2.23. The summed E-state index contributed by atoms with van der Waals surface area (Å²) in [5.74, 6) is 5.17. The first-order valence-electron chi connectivity index (χ1n) is 5.41. The molecule has 0 saturated carbocycles. The fourth-order valence-electron chi connectivity index (χ4n) is 1.55. The molecule has 2 rings (SSSR count). The SMILES string of the molecule is Cc1ccc(NN)c(C(=O)Nc2nc(C)cs2)c1. The molecule has 0 aliphatic heterocycles. The summed E-state index contributed by atoms with van der Waals surface area (Å²) in [4.78, 5) is 16.3. The monoisotopic (exact) mass is 262 g/mol. The summed E-state index contributed by atoms with van der Waals surface area (Å²) in [7, 11) is 0. The second-order valence-electron chi connectivity index (χ2n) is 3.94. The van der Waals surface area contributed by atoms with Crippen molar-refractivity contribution in [1.29, 1.82) is 0 Å². The molecule has 1 amide bonds. The Bertz CT molecular complexity index is 579. The molecule has 1 aromatic heterocycles. The molecule has 0 saturated heterocycles. The lowest BCUT2D eigenvalue weighted by atomic mass is 10.1. The van der Waals surface area contributed by atoms with Crippen LogP contribution < -0.4 is 16.6 Å². The van der Waals surface area contributed by atoms with Crippen molar-refractivity contribution in [2.24, 2.45) is 5.84 Å². The first-order chi connectivity index (χ1) is 8.60. The third-order valence-electron chi connectivity index (χ3n) is 2.41. The number of aryl methyl sites for hydroxylation is 2. The van der Waals surface area contributed by atoms with Crippen LogP contribution in [0.2, 0.25) is 0 Å². The average Bonchev–Trinajstić information content (AvgIpc) is 2.74. The second kappa shape index (κ2) is 5.16. The van der Waals surface area contributed by atoms with E-state index >= 15 is 0 Å². The van der Waals surface area contributed by atoms with Crippen molar-refractivity contribution in [3.63, 3.8) is 0 Å². The number of nitrogens with zero attached hydrogens (tertiary/aromatic N) is 1. The van der Waals surface area contributed by atoms with E-state index in [0.717, 1.165) is 11.3 Å². The smallest absolute Gasteiger partial charge is 0.259 e. The van der Waals surface area contributed by atoms with E-state index in [0.29, 0.717) is 16.4 Å². The molecule has 2 aromatic rings. The van der Waals surface area contributed by atoms with Crippen LogP contribution in [0.25, 0.3) is 0 Å². The molecule has 18 heavy (non-hydrogen) atoms. The van der Waals surface area contributed by atoms with Gasteiger partial charge in [0.25, 0.3) is 5.91 Å². The molecule has 1 aromatic carbocycles. The molecule has 0 spiro atoms. The number of benzene rings is 1. The number of nitrogens with one attached hydrogen (secondary N) is 2. The first-order valence-corrected chi connectivity index (χ1v) is 6.29. The van der Waals surface area contributed by atoms with Gasteiger partial charge < -0.3 is 5.43 Å². The molecule has 0 bridgehead atoms. The van der Waals surface area contributed by atoms with Gasteiger partial charge >= 0.3 is 0 Å². The van der Waals surface area contributed by atoms with Crippen molar-refractivity contribution < 1.29 is 4.79 Å². The predicted molar refractivity (Wildman–Crippen MR) is 73.8 cm³/mol. The lowest BCUT2D eigenvalue weighted by Crippen LogP contribution is -2.17. The molecule has 94 valence electrons. The molecule has 1 heterocycles. The highest BCUT2D eigenvalue weighted by Gasteiger charge is 2.12. The van der Waals surface area contributed by atoms with E-state index in [-0.39, 0.29) is 5.91 Å². The average molecular weight is 262 g/mol. The Labute approximate surface area is 109 Å². The van der Waals surface area contributed by atoms with Gasteiger partial charge in [0.1, 0.15) is 0 Å². The Hall–Kier alpha value is -1.92. The number of amides is 1. The number of anilines is 2. The molecule has 0 atom stereocenters. The van der Waals surface area contributed by atoms with E-state index in [2.05, 4.69) is 15.7 Å². The third-order valence-corrected chi connectivity index (χ3v) is 3.29. The highest BCUT2D eigenvalue weighted by molar-refractivity contribution is 7.13. The Morgan fingerprint density at radius 2 is 2.17 bits per heavy atom. The minimum Gasteiger partial charge on any atom is -0.323 e. The van der Waals surface area contributed by atoms with Gasteiger partial charge in [-0.1, -0.05) is 11.6 Å². The zero-order chi connectivity index (χ0) is 13.1. The molecule has 0 radical (unpaired) electrons. The summed E-state index contributed by atoms with van der Waals surface area (Å²) in [6, 6.07) is 5.45. The van der Waals surface area contributed by atoms with Crippen molar-refractivity contribution in [2.75, 3.05) is 10.7 Å². The van der Waals surface area contributed by atoms with Gasteiger partial charge in [0.15, 0.2) is 5.13 Å². The van der Waals surface area contributed by atoms with Crippen LogP contribution in [0.15, 0.2) is 23.6 Å². The van der Waals surface area contributed by atoms with Crippen molar-refractivity contribution in [3.05, 3.63) is 40.4 Å². The van der Waals surface area contributed by atoms with E-state index < -0.39 is 0 Å². The highest BCUT2D eigenvalue weighted by Crippen LogP contribution is 2.20. The summed E-state index contributed by atoms with van der Waals surface area (Å²) in [6.45, 7) is 3.80. The van der Waals surface area contributed by atoms with Crippen LogP contribution in [0.3, 0.4) is 0 Å². The van der Waals surface area contributed by atoms with Crippen molar-refractivity contribution in [1.82, 2.24) is 4.98 Å². The van der Waals surface area contributed by atoms with Gasteiger partial charge in [-0.2, -0.15) is 0 Å². The number of hydrogen-bond donors (Lipinski definition) is 3. The molecule has 0 unspecified atom stereocenters. The van der Waals surface area contributed by atoms with E-state index in [4.69, 9.17) is 5.84 Å². The zero-order valence-electron chi connectivity index (χ0n) is 10.2. The number of aromatic nitrogens is 1. The predicted octanol–water partition coefficient (Wildman–Crippen LogP) is 2.30. The third kappa shape index (κ3) is 2.66. The summed E-state index contributed by atoms with van der Waals surface area (Å²) in [5.41, 5.74) is 5.49. The summed E-state index contributed by atoms with van der Waals surface area (Å²) in [5, 5.41) is 5.22. The van der Waals surface area contributed by atoms with Crippen LogP contribution >= 0.6 is 11.3 Å². The lowest BCUT2D eigenvalue weighted by molar-refractivity contribution is 0.102. The largest absolute Gasteiger partial charge is 0.323 e. The molecule has 0 fully saturated rings. The van der Waals surface area contributed by atoms with Gasteiger partial charge in [-0.15, -0.1) is 11.3 Å². The minimum absolute atomic E-state index is 0.221. The zero-order valence-corrected chi connectivity index (χ0v) is 11.0. The topological polar surface area (TPSA) is 80.0 Å². The first kappa shape index (κ1) is 12.5. The number of nitrogen functional groups attached to an aromatic ring is 1. The molecular weight excluding hydrogens is 248 g/mol. The van der Waals surface area contributed by atoms with Crippen molar-refractivity contribution >= 4 is 28.1 Å². The van der Waals surface area contributed by atoms with Crippen molar-refractivity contribution in [2.45, 2.75) is 13.8 Å². The number of hydrogen-bond acceptors (Lipinski definition) is 5. The normalized spacial score (nSPS) is 10.2. The van der Waals surface area contributed by atoms with Crippen LogP contribution in [0.1, 0.15) is 21.6 Å². The molecule has 0 aliphatic carbocycles.